The molecule has 1 N–H and O–H groups in total. The smallest absolute Gasteiger partial charge is 0.248 e. The van der Waals surface area contributed by atoms with Crippen molar-refractivity contribution in [2.75, 3.05) is 31.1 Å². The number of ether oxygens (including phenoxy) is 1. The number of aliphatic hydroxyl groups excluding tert-OH is 1. The molecule has 1 spiro atoms. The second-order valence-electron chi connectivity index (χ2n) is 12.3. The fourth-order valence-corrected chi connectivity index (χ4v) is 7.46. The van der Waals surface area contributed by atoms with Crippen molar-refractivity contribution in [2.24, 2.45) is 17.8 Å². The maximum absolute atomic E-state index is 14.5. The number of rotatable bonds is 14. The summed E-state index contributed by atoms with van der Waals surface area (Å²) in [6, 6.07) is 8.53. The molecule has 3 heterocycles. The van der Waals surface area contributed by atoms with Crippen LogP contribution < -0.4 is 4.90 Å². The Bertz CT molecular complexity index is 1140. The molecule has 3 saturated heterocycles. The largest absolute Gasteiger partial charge is 0.396 e. The number of amides is 3. The molecular formula is C33H47N3O5. The Balaban J connectivity index is 1.78. The first kappa shape index (κ1) is 31.0. The molecule has 1 aromatic carbocycles. The monoisotopic (exact) mass is 565 g/mol. The molecule has 3 amide bonds. The third-order valence-electron chi connectivity index (χ3n) is 9.50. The Kier molecular flexibility index (Phi) is 9.44. The van der Waals surface area contributed by atoms with Gasteiger partial charge in [0, 0.05) is 38.0 Å². The summed E-state index contributed by atoms with van der Waals surface area (Å²) in [6.45, 7) is 16.9. The number of likely N-dealkylation sites (tertiary alicyclic amines) is 1. The van der Waals surface area contributed by atoms with Gasteiger partial charge >= 0.3 is 0 Å². The number of fused-ring (bicyclic) bond motifs is 1. The maximum Gasteiger partial charge on any atom is 0.248 e. The number of unbranched alkanes of at least 4 members (excludes halogenated alkanes) is 3. The van der Waals surface area contributed by atoms with Crippen LogP contribution in [0, 0.1) is 17.8 Å². The number of para-hydroxylation sites is 1. The predicted molar refractivity (Wildman–Crippen MR) is 160 cm³/mol. The molecule has 0 aliphatic carbocycles. The Morgan fingerprint density at radius 1 is 1.10 bits per heavy atom. The summed E-state index contributed by atoms with van der Waals surface area (Å²) in [5, 5.41) is 9.19. The molecule has 0 radical (unpaired) electrons. The van der Waals surface area contributed by atoms with Crippen LogP contribution in [0.1, 0.15) is 59.8 Å². The zero-order valence-corrected chi connectivity index (χ0v) is 25.1. The summed E-state index contributed by atoms with van der Waals surface area (Å²) in [6.07, 6.45) is 7.03. The van der Waals surface area contributed by atoms with Crippen molar-refractivity contribution in [3.05, 3.63) is 55.6 Å². The van der Waals surface area contributed by atoms with E-state index in [4.69, 9.17) is 4.74 Å². The third-order valence-corrected chi connectivity index (χ3v) is 9.50. The minimum absolute atomic E-state index is 0.0337. The average Bonchev–Trinajstić information content (AvgIpc) is 3.46. The minimum Gasteiger partial charge on any atom is -0.396 e. The van der Waals surface area contributed by atoms with Gasteiger partial charge in [-0.25, -0.2) is 0 Å². The molecule has 6 atom stereocenters. The van der Waals surface area contributed by atoms with E-state index in [1.54, 1.807) is 26.9 Å². The van der Waals surface area contributed by atoms with Crippen LogP contribution in [0.15, 0.2) is 55.6 Å². The normalized spacial score (nSPS) is 30.0. The molecule has 3 aliphatic heterocycles. The quantitative estimate of drug-likeness (QED) is 0.270. The Hall–Kier alpha value is -2.97. The lowest BCUT2D eigenvalue weighted by Gasteiger charge is -2.39. The first-order valence-corrected chi connectivity index (χ1v) is 15.1. The van der Waals surface area contributed by atoms with Crippen molar-refractivity contribution >= 4 is 23.4 Å². The second kappa shape index (κ2) is 12.5. The van der Waals surface area contributed by atoms with E-state index in [0.29, 0.717) is 38.9 Å². The Morgan fingerprint density at radius 2 is 1.76 bits per heavy atom. The number of hydrogen-bond acceptors (Lipinski definition) is 5. The molecule has 1 aromatic rings. The van der Waals surface area contributed by atoms with E-state index in [1.807, 2.05) is 51.1 Å². The van der Waals surface area contributed by atoms with Crippen molar-refractivity contribution in [2.45, 2.75) is 83.1 Å². The molecule has 41 heavy (non-hydrogen) atoms. The first-order valence-electron chi connectivity index (χ1n) is 15.1. The molecule has 3 fully saturated rings. The van der Waals surface area contributed by atoms with Crippen LogP contribution in [-0.2, 0) is 19.1 Å². The number of benzene rings is 1. The summed E-state index contributed by atoms with van der Waals surface area (Å²) < 4.78 is 6.93. The van der Waals surface area contributed by atoms with Gasteiger partial charge in [-0.1, -0.05) is 50.1 Å². The fraction of sp³-hybridized carbons (Fsp3) is 0.606. The summed E-state index contributed by atoms with van der Waals surface area (Å²) in [4.78, 5) is 48.5. The van der Waals surface area contributed by atoms with Gasteiger partial charge < -0.3 is 24.5 Å². The molecule has 0 aromatic heterocycles. The summed E-state index contributed by atoms with van der Waals surface area (Å²) in [5.74, 6) is -2.02. The van der Waals surface area contributed by atoms with Crippen molar-refractivity contribution in [3.63, 3.8) is 0 Å². The van der Waals surface area contributed by atoms with Gasteiger partial charge in [-0.15, -0.1) is 13.2 Å². The standard InChI is InChI=1S/C33H47N3O5/c1-7-18-34(23(3)4)31(40)28-33-22-24(5)32(6,41-33)26(27(33)30(39)36(28)20-14-9-10-15-21-37)29(38)35(19-8-2)25-16-12-11-13-17-25/h7-8,11-13,16-17,23-24,26-28,37H,1-2,9-10,14-15,18-22H2,3-6H3/t24?,26-,27-,28?,32+,33?/m0/s1. The molecule has 3 aliphatic rings. The summed E-state index contributed by atoms with van der Waals surface area (Å²) in [7, 11) is 0. The zero-order valence-electron chi connectivity index (χ0n) is 25.1. The van der Waals surface area contributed by atoms with Gasteiger partial charge in [-0.2, -0.15) is 0 Å². The van der Waals surface area contributed by atoms with E-state index in [-0.39, 0.29) is 36.3 Å². The van der Waals surface area contributed by atoms with Crippen molar-refractivity contribution in [1.29, 1.82) is 0 Å². The highest BCUT2D eigenvalue weighted by Crippen LogP contribution is 2.65. The van der Waals surface area contributed by atoms with Crippen LogP contribution in [0.3, 0.4) is 0 Å². The lowest BCUT2D eigenvalue weighted by atomic mass is 9.62. The fourth-order valence-electron chi connectivity index (χ4n) is 7.46. The van der Waals surface area contributed by atoms with Crippen LogP contribution in [0.25, 0.3) is 0 Å². The first-order chi connectivity index (χ1) is 19.6. The van der Waals surface area contributed by atoms with E-state index in [0.717, 1.165) is 18.5 Å². The molecule has 0 saturated carbocycles. The number of anilines is 1. The van der Waals surface area contributed by atoms with Crippen LogP contribution in [0.5, 0.6) is 0 Å². The van der Waals surface area contributed by atoms with Crippen LogP contribution in [0.4, 0.5) is 5.69 Å². The topological polar surface area (TPSA) is 90.4 Å². The maximum atomic E-state index is 14.5. The van der Waals surface area contributed by atoms with Crippen molar-refractivity contribution in [3.8, 4) is 0 Å². The second-order valence-corrected chi connectivity index (χ2v) is 12.3. The van der Waals surface area contributed by atoms with Gasteiger partial charge in [0.25, 0.3) is 0 Å². The van der Waals surface area contributed by atoms with Crippen LogP contribution in [-0.4, -0.2) is 82.2 Å². The van der Waals surface area contributed by atoms with Crippen molar-refractivity contribution in [1.82, 2.24) is 9.80 Å². The van der Waals surface area contributed by atoms with Crippen LogP contribution in [0.2, 0.25) is 0 Å². The lowest BCUT2D eigenvalue weighted by Crippen LogP contribution is -2.58. The number of carbonyl (C=O) groups excluding carboxylic acids is 3. The van der Waals surface area contributed by atoms with Gasteiger partial charge in [0.1, 0.15) is 11.6 Å². The molecule has 4 rings (SSSR count). The van der Waals surface area contributed by atoms with E-state index >= 15 is 0 Å². The predicted octanol–water partition coefficient (Wildman–Crippen LogP) is 4.19. The molecule has 3 unspecified atom stereocenters. The number of carbonyl (C=O) groups is 3. The number of hydrogen-bond donors (Lipinski definition) is 1. The highest BCUT2D eigenvalue weighted by molar-refractivity contribution is 6.03. The SMILES string of the molecule is C=CCN(C(=O)[C@@H]1[C@H]2C(=O)N(CCCCCCO)C(C(=O)N(CC=C)C(C)C)C23CC(C)[C@@]1(C)O3)c1ccccc1. The van der Waals surface area contributed by atoms with E-state index in [9.17, 15) is 19.5 Å². The van der Waals surface area contributed by atoms with E-state index < -0.39 is 29.1 Å². The van der Waals surface area contributed by atoms with Gasteiger partial charge in [-0.05, 0) is 58.1 Å². The van der Waals surface area contributed by atoms with E-state index in [2.05, 4.69) is 20.1 Å². The molecule has 224 valence electrons. The van der Waals surface area contributed by atoms with Gasteiger partial charge in [0.05, 0.1) is 17.4 Å². The third kappa shape index (κ3) is 5.25. The number of aliphatic hydroxyl groups is 1. The lowest BCUT2D eigenvalue weighted by molar-refractivity contribution is -0.153. The van der Waals surface area contributed by atoms with Crippen molar-refractivity contribution < 1.29 is 24.2 Å². The summed E-state index contributed by atoms with van der Waals surface area (Å²) >= 11 is 0. The summed E-state index contributed by atoms with van der Waals surface area (Å²) in [5.41, 5.74) is -1.24. The van der Waals surface area contributed by atoms with Gasteiger partial charge in [0.15, 0.2) is 0 Å². The molecule has 8 heteroatoms. The molecule has 2 bridgehead atoms. The highest BCUT2D eigenvalue weighted by Gasteiger charge is 2.80. The Labute approximate surface area is 245 Å². The van der Waals surface area contributed by atoms with Gasteiger partial charge in [0.2, 0.25) is 17.7 Å². The van der Waals surface area contributed by atoms with Crippen LogP contribution >= 0.6 is 0 Å². The van der Waals surface area contributed by atoms with Gasteiger partial charge in [-0.3, -0.25) is 14.4 Å². The zero-order chi connectivity index (χ0) is 29.9. The highest BCUT2D eigenvalue weighted by atomic mass is 16.5. The average molecular weight is 566 g/mol. The Morgan fingerprint density at radius 3 is 2.37 bits per heavy atom. The number of nitrogens with zero attached hydrogens (tertiary/aromatic N) is 3. The molecular weight excluding hydrogens is 518 g/mol. The minimum atomic E-state index is -1.08. The van der Waals surface area contributed by atoms with E-state index in [1.165, 1.54) is 0 Å². The molecule has 8 nitrogen and oxygen atoms in total.